The number of hydrogen-bond donors (Lipinski definition) is 2. The quantitative estimate of drug-likeness (QED) is 0.709. The minimum atomic E-state index is -0.190. The molecule has 1 aromatic carbocycles. The van der Waals surface area contributed by atoms with Crippen LogP contribution in [0.25, 0.3) is 0 Å². The van der Waals surface area contributed by atoms with Crippen LogP contribution in [0.15, 0.2) is 35.8 Å². The van der Waals surface area contributed by atoms with Crippen LogP contribution in [0.3, 0.4) is 0 Å². The number of amides is 3. The van der Waals surface area contributed by atoms with Gasteiger partial charge in [0.2, 0.25) is 5.91 Å². The first-order valence-corrected chi connectivity index (χ1v) is 12.0. The standard InChI is InChI=1S/C22H28ClN5O2S/c23-18-5-3-16(4-6-18)14-27-11-7-19(8-12-27)25-22(30)28-10-1-2-17(15-28)20(29)26-21-24-9-13-31-21/h3-6,9,13,17,19H,1-2,7-8,10-12,14-15H2,(H,25,30)(H,24,26,29). The fraction of sp³-hybridized carbons (Fsp3) is 0.500. The van der Waals surface area contributed by atoms with E-state index < -0.39 is 0 Å². The summed E-state index contributed by atoms with van der Waals surface area (Å²) in [7, 11) is 0. The molecule has 0 saturated carbocycles. The predicted molar refractivity (Wildman–Crippen MR) is 123 cm³/mol. The molecular weight excluding hydrogens is 434 g/mol. The van der Waals surface area contributed by atoms with Crippen LogP contribution in [0.2, 0.25) is 5.02 Å². The molecule has 4 rings (SSSR count). The molecule has 9 heteroatoms. The van der Waals surface area contributed by atoms with E-state index in [9.17, 15) is 9.59 Å². The number of urea groups is 1. The van der Waals surface area contributed by atoms with E-state index in [2.05, 4.69) is 32.7 Å². The van der Waals surface area contributed by atoms with Crippen LogP contribution in [-0.4, -0.2) is 58.9 Å². The largest absolute Gasteiger partial charge is 0.335 e. The Bertz CT molecular complexity index is 869. The predicted octanol–water partition coefficient (Wildman–Crippen LogP) is 3.82. The lowest BCUT2D eigenvalue weighted by Crippen LogP contribution is -2.52. The number of likely N-dealkylation sites (tertiary alicyclic amines) is 2. The van der Waals surface area contributed by atoms with Crippen molar-refractivity contribution in [3.05, 3.63) is 46.4 Å². The van der Waals surface area contributed by atoms with Crippen LogP contribution in [0.1, 0.15) is 31.2 Å². The van der Waals surface area contributed by atoms with Crippen LogP contribution in [0.4, 0.5) is 9.93 Å². The number of hydrogen-bond acceptors (Lipinski definition) is 5. The third kappa shape index (κ3) is 6.18. The number of aromatic nitrogens is 1. The van der Waals surface area contributed by atoms with Crippen molar-refractivity contribution in [2.24, 2.45) is 5.92 Å². The van der Waals surface area contributed by atoms with Crippen molar-refractivity contribution >= 4 is 40.0 Å². The Hall–Kier alpha value is -2.16. The van der Waals surface area contributed by atoms with Crippen LogP contribution in [0, 0.1) is 5.92 Å². The zero-order chi connectivity index (χ0) is 21.6. The summed E-state index contributed by atoms with van der Waals surface area (Å²) in [6.45, 7) is 3.96. The van der Waals surface area contributed by atoms with Crippen molar-refractivity contribution < 1.29 is 9.59 Å². The molecular formula is C22H28ClN5O2S. The van der Waals surface area contributed by atoms with E-state index in [1.54, 1.807) is 11.1 Å². The lowest BCUT2D eigenvalue weighted by Gasteiger charge is -2.36. The molecule has 2 N–H and O–H groups in total. The second kappa shape index (κ2) is 10.4. The minimum absolute atomic E-state index is 0.0528. The topological polar surface area (TPSA) is 77.6 Å². The Morgan fingerprint density at radius 3 is 2.61 bits per heavy atom. The summed E-state index contributed by atoms with van der Waals surface area (Å²) in [5.74, 6) is -0.243. The summed E-state index contributed by atoms with van der Waals surface area (Å²) < 4.78 is 0. The maximum Gasteiger partial charge on any atom is 0.317 e. The highest BCUT2D eigenvalue weighted by molar-refractivity contribution is 7.13. The average Bonchev–Trinajstić information content (AvgIpc) is 3.30. The molecule has 1 unspecified atom stereocenters. The number of carbonyl (C=O) groups excluding carboxylic acids is 2. The van der Waals surface area contributed by atoms with Gasteiger partial charge in [-0.2, -0.15) is 0 Å². The first-order valence-electron chi connectivity index (χ1n) is 10.8. The van der Waals surface area contributed by atoms with Crippen molar-refractivity contribution in [2.75, 3.05) is 31.5 Å². The van der Waals surface area contributed by atoms with E-state index in [4.69, 9.17) is 11.6 Å². The third-order valence-electron chi connectivity index (χ3n) is 5.98. The second-order valence-corrected chi connectivity index (χ2v) is 9.57. The average molecular weight is 462 g/mol. The number of halogens is 1. The van der Waals surface area contributed by atoms with E-state index in [-0.39, 0.29) is 23.9 Å². The highest BCUT2D eigenvalue weighted by atomic mass is 35.5. The zero-order valence-corrected chi connectivity index (χ0v) is 19.0. The smallest absolute Gasteiger partial charge is 0.317 e. The van der Waals surface area contributed by atoms with Crippen LogP contribution < -0.4 is 10.6 Å². The number of piperidine rings is 2. The summed E-state index contributed by atoms with van der Waals surface area (Å²) in [5, 5.41) is 9.24. The van der Waals surface area contributed by atoms with E-state index >= 15 is 0 Å². The first-order chi connectivity index (χ1) is 15.1. The molecule has 2 aliphatic rings. The number of anilines is 1. The molecule has 0 radical (unpaired) electrons. The molecule has 1 atom stereocenters. The minimum Gasteiger partial charge on any atom is -0.335 e. The maximum atomic E-state index is 12.8. The normalized spacial score (nSPS) is 20.4. The van der Waals surface area contributed by atoms with Crippen molar-refractivity contribution in [2.45, 2.75) is 38.3 Å². The second-order valence-electron chi connectivity index (χ2n) is 8.24. The lowest BCUT2D eigenvalue weighted by atomic mass is 9.97. The number of benzene rings is 1. The number of carbonyl (C=O) groups is 2. The van der Waals surface area contributed by atoms with Gasteiger partial charge < -0.3 is 15.5 Å². The highest BCUT2D eigenvalue weighted by Crippen LogP contribution is 2.21. The summed E-state index contributed by atoms with van der Waals surface area (Å²) in [6.07, 6.45) is 5.16. The van der Waals surface area contributed by atoms with Gasteiger partial charge in [0.25, 0.3) is 0 Å². The van der Waals surface area contributed by atoms with Gasteiger partial charge in [-0.1, -0.05) is 23.7 Å². The Balaban J connectivity index is 1.21. The molecule has 3 amide bonds. The van der Waals surface area contributed by atoms with Gasteiger partial charge >= 0.3 is 6.03 Å². The van der Waals surface area contributed by atoms with Crippen molar-refractivity contribution in [1.29, 1.82) is 0 Å². The molecule has 0 bridgehead atoms. The fourth-order valence-electron chi connectivity index (χ4n) is 4.22. The summed E-state index contributed by atoms with van der Waals surface area (Å²) in [4.78, 5) is 33.6. The van der Waals surface area contributed by atoms with Gasteiger partial charge in [-0.15, -0.1) is 11.3 Å². The van der Waals surface area contributed by atoms with Crippen LogP contribution >= 0.6 is 22.9 Å². The van der Waals surface area contributed by atoms with Gasteiger partial charge in [0.15, 0.2) is 5.13 Å². The van der Waals surface area contributed by atoms with Gasteiger partial charge in [0.05, 0.1) is 5.92 Å². The van der Waals surface area contributed by atoms with Crippen molar-refractivity contribution in [1.82, 2.24) is 20.1 Å². The van der Waals surface area contributed by atoms with Gasteiger partial charge in [-0.3, -0.25) is 9.69 Å². The molecule has 31 heavy (non-hydrogen) atoms. The molecule has 0 spiro atoms. The molecule has 1 aromatic heterocycles. The highest BCUT2D eigenvalue weighted by Gasteiger charge is 2.30. The Morgan fingerprint density at radius 2 is 1.90 bits per heavy atom. The first kappa shape index (κ1) is 22.0. The SMILES string of the molecule is O=C(Nc1nccs1)C1CCCN(C(=O)NC2CCN(Cc3ccc(Cl)cc3)CC2)C1. The number of thiazole rings is 1. The van der Waals surface area contributed by atoms with Crippen molar-refractivity contribution in [3.8, 4) is 0 Å². The maximum absolute atomic E-state index is 12.8. The van der Waals surface area contributed by atoms with E-state index in [1.807, 2.05) is 17.5 Å². The van der Waals surface area contributed by atoms with E-state index in [0.717, 1.165) is 50.3 Å². The van der Waals surface area contributed by atoms with Crippen LogP contribution in [-0.2, 0) is 11.3 Å². The zero-order valence-electron chi connectivity index (χ0n) is 17.4. The summed E-state index contributed by atoms with van der Waals surface area (Å²) in [5.41, 5.74) is 1.25. The van der Waals surface area contributed by atoms with Gasteiger partial charge in [0.1, 0.15) is 0 Å². The monoisotopic (exact) mass is 461 g/mol. The molecule has 166 valence electrons. The molecule has 2 aliphatic heterocycles. The lowest BCUT2D eigenvalue weighted by molar-refractivity contribution is -0.121. The Kier molecular flexibility index (Phi) is 7.42. The molecule has 3 heterocycles. The van der Waals surface area contributed by atoms with Gasteiger partial charge in [0, 0.05) is 55.4 Å². The molecule has 2 saturated heterocycles. The van der Waals surface area contributed by atoms with Crippen LogP contribution in [0.5, 0.6) is 0 Å². The third-order valence-corrected chi connectivity index (χ3v) is 6.92. The number of nitrogens with zero attached hydrogens (tertiary/aromatic N) is 3. The summed E-state index contributed by atoms with van der Waals surface area (Å²) >= 11 is 7.36. The molecule has 2 aromatic rings. The Labute approximate surface area is 191 Å². The molecule has 2 fully saturated rings. The van der Waals surface area contributed by atoms with E-state index in [0.29, 0.717) is 18.2 Å². The molecule has 0 aliphatic carbocycles. The number of rotatable bonds is 5. The van der Waals surface area contributed by atoms with E-state index in [1.165, 1.54) is 16.9 Å². The summed E-state index contributed by atoms with van der Waals surface area (Å²) in [6, 6.07) is 8.10. The fourth-order valence-corrected chi connectivity index (χ4v) is 4.88. The van der Waals surface area contributed by atoms with Crippen molar-refractivity contribution in [3.63, 3.8) is 0 Å². The van der Waals surface area contributed by atoms with Gasteiger partial charge in [-0.25, -0.2) is 9.78 Å². The Morgan fingerprint density at radius 1 is 1.13 bits per heavy atom. The van der Waals surface area contributed by atoms with Gasteiger partial charge in [-0.05, 0) is 43.4 Å². The number of nitrogens with one attached hydrogen (secondary N) is 2. The molecule has 7 nitrogen and oxygen atoms in total.